The molecule has 0 fully saturated rings. The number of allylic oxidation sites excluding steroid dienone is 1. The molecular formula is C19H17ClN5O2S+. The second-order valence-corrected chi connectivity index (χ2v) is 7.36. The van der Waals surface area contributed by atoms with E-state index in [2.05, 4.69) is 15.6 Å². The summed E-state index contributed by atoms with van der Waals surface area (Å²) < 4.78 is 2.40. The smallest absolute Gasteiger partial charge is 0.261 e. The monoisotopic (exact) mass is 414 g/mol. The molecule has 7 nitrogen and oxygen atoms in total. The normalized spacial score (nSPS) is 10.8. The van der Waals surface area contributed by atoms with E-state index in [1.807, 2.05) is 22.9 Å². The Morgan fingerprint density at radius 2 is 2.00 bits per heavy atom. The van der Waals surface area contributed by atoms with Gasteiger partial charge in [-0.25, -0.2) is 4.98 Å². The molecule has 9 heteroatoms. The van der Waals surface area contributed by atoms with Crippen LogP contribution < -0.4 is 16.0 Å². The summed E-state index contributed by atoms with van der Waals surface area (Å²) >= 11 is 7.07. The van der Waals surface area contributed by atoms with Crippen LogP contribution in [0.3, 0.4) is 0 Å². The van der Waals surface area contributed by atoms with Crippen molar-refractivity contribution in [1.29, 1.82) is 0 Å². The number of nitrogens with one attached hydrogen (secondary N) is 2. The van der Waals surface area contributed by atoms with Gasteiger partial charge >= 0.3 is 0 Å². The first-order valence-electron chi connectivity index (χ1n) is 8.24. The van der Waals surface area contributed by atoms with E-state index in [-0.39, 0.29) is 11.8 Å². The largest absolute Gasteiger partial charge is 0.346 e. The van der Waals surface area contributed by atoms with E-state index in [4.69, 9.17) is 17.0 Å². The number of benzene rings is 1. The maximum absolute atomic E-state index is 12.1. The van der Waals surface area contributed by atoms with Crippen LogP contribution >= 0.6 is 22.9 Å². The fourth-order valence-electron chi connectivity index (χ4n) is 2.33. The molecule has 0 aliphatic carbocycles. The number of thiophene rings is 1. The maximum Gasteiger partial charge on any atom is 0.261 e. The summed E-state index contributed by atoms with van der Waals surface area (Å²) in [6, 6.07) is 10.7. The van der Waals surface area contributed by atoms with Gasteiger partial charge in [-0.1, -0.05) is 11.6 Å². The van der Waals surface area contributed by atoms with Gasteiger partial charge in [-0.15, -0.1) is 11.3 Å². The SMILES string of the molecule is [NH2+]=C/C=C\C(=O)Nc1ccc(-n2cnc(CNC(=O)c3ccc(Cl)s3)c2)cc1. The summed E-state index contributed by atoms with van der Waals surface area (Å²) in [5, 5.41) is 10.7. The Morgan fingerprint density at radius 1 is 1.21 bits per heavy atom. The topological polar surface area (TPSA) is 102 Å². The summed E-state index contributed by atoms with van der Waals surface area (Å²) in [5.41, 5.74) is 2.26. The third-order valence-electron chi connectivity index (χ3n) is 3.65. The Kier molecular flexibility index (Phi) is 6.36. The highest BCUT2D eigenvalue weighted by Gasteiger charge is 2.09. The van der Waals surface area contributed by atoms with Crippen LogP contribution in [0.1, 0.15) is 15.4 Å². The molecule has 3 rings (SSSR count). The molecule has 0 unspecified atom stereocenters. The number of halogens is 1. The number of imidazole rings is 1. The van der Waals surface area contributed by atoms with Gasteiger partial charge in [0, 0.05) is 29.7 Å². The molecule has 0 aliphatic heterocycles. The highest BCUT2D eigenvalue weighted by molar-refractivity contribution is 7.17. The summed E-state index contributed by atoms with van der Waals surface area (Å²) in [5.74, 6) is -0.449. The Morgan fingerprint density at radius 3 is 2.68 bits per heavy atom. The van der Waals surface area contributed by atoms with Crippen LogP contribution in [0.15, 0.2) is 61.1 Å². The van der Waals surface area contributed by atoms with Crippen molar-refractivity contribution in [2.45, 2.75) is 6.54 Å². The minimum atomic E-state index is -0.262. The molecule has 142 valence electrons. The van der Waals surface area contributed by atoms with E-state index < -0.39 is 0 Å². The van der Waals surface area contributed by atoms with Crippen LogP contribution in [-0.2, 0) is 11.3 Å². The van der Waals surface area contributed by atoms with Crippen LogP contribution in [-0.4, -0.2) is 27.6 Å². The number of aromatic nitrogens is 2. The van der Waals surface area contributed by atoms with Crippen LogP contribution in [0.5, 0.6) is 0 Å². The second-order valence-electron chi connectivity index (χ2n) is 5.65. The molecule has 2 aromatic heterocycles. The van der Waals surface area contributed by atoms with Gasteiger partial charge in [-0.2, -0.15) is 0 Å². The lowest BCUT2D eigenvalue weighted by Gasteiger charge is -2.05. The molecule has 3 aromatic rings. The molecule has 4 N–H and O–H groups in total. The third-order valence-corrected chi connectivity index (χ3v) is 4.88. The molecule has 2 heterocycles. The average Bonchev–Trinajstić information content (AvgIpc) is 3.34. The van der Waals surface area contributed by atoms with E-state index >= 15 is 0 Å². The second kappa shape index (κ2) is 9.12. The molecule has 0 radical (unpaired) electrons. The Bertz CT molecular complexity index is 1020. The number of nitrogens with zero attached hydrogens (tertiary/aromatic N) is 2. The lowest BCUT2D eigenvalue weighted by molar-refractivity contribution is -0.112. The van der Waals surface area contributed by atoms with Crippen molar-refractivity contribution >= 4 is 46.7 Å². The minimum Gasteiger partial charge on any atom is -0.346 e. The quantitative estimate of drug-likeness (QED) is 0.406. The number of anilines is 1. The zero-order valence-electron chi connectivity index (χ0n) is 14.6. The van der Waals surface area contributed by atoms with E-state index in [1.54, 1.807) is 30.6 Å². The van der Waals surface area contributed by atoms with Crippen molar-refractivity contribution in [3.8, 4) is 5.69 Å². The zero-order valence-corrected chi connectivity index (χ0v) is 16.2. The van der Waals surface area contributed by atoms with Gasteiger partial charge in [-0.3, -0.25) is 15.0 Å². The number of carbonyl (C=O) groups excluding carboxylic acids is 2. The van der Waals surface area contributed by atoms with Crippen molar-refractivity contribution < 1.29 is 15.0 Å². The molecule has 0 atom stereocenters. The van der Waals surface area contributed by atoms with Gasteiger partial charge in [0.05, 0.1) is 27.8 Å². The van der Waals surface area contributed by atoms with Crippen molar-refractivity contribution in [3.63, 3.8) is 0 Å². The molecular weight excluding hydrogens is 398 g/mol. The number of carbonyl (C=O) groups is 2. The highest BCUT2D eigenvalue weighted by atomic mass is 35.5. The predicted molar refractivity (Wildman–Crippen MR) is 110 cm³/mol. The van der Waals surface area contributed by atoms with Crippen molar-refractivity contribution in [3.05, 3.63) is 76.0 Å². The number of nitrogens with two attached hydrogens (primary N) is 1. The minimum absolute atomic E-state index is 0.187. The predicted octanol–water partition coefficient (Wildman–Crippen LogP) is 1.84. The third kappa shape index (κ3) is 5.15. The average molecular weight is 415 g/mol. The van der Waals surface area contributed by atoms with Gasteiger partial charge in [-0.05, 0) is 36.4 Å². The number of amides is 2. The van der Waals surface area contributed by atoms with Gasteiger partial charge in [0.15, 0.2) is 6.21 Å². The van der Waals surface area contributed by atoms with E-state index in [0.717, 1.165) is 11.4 Å². The van der Waals surface area contributed by atoms with Crippen molar-refractivity contribution in [2.75, 3.05) is 5.32 Å². The van der Waals surface area contributed by atoms with Gasteiger partial charge in [0.25, 0.3) is 5.91 Å². The number of rotatable bonds is 7. The molecule has 2 amide bonds. The van der Waals surface area contributed by atoms with Gasteiger partial charge < -0.3 is 15.2 Å². The fraction of sp³-hybridized carbons (Fsp3) is 0.0526. The standard InChI is InChI=1S/C19H16ClN5O2S/c20-17-8-7-16(28-17)19(27)22-10-14-11-25(12-23-14)15-5-3-13(4-6-15)24-18(26)2-1-9-21/h1-9,11-12,21H,10H2,(H,22,27)(H,24,26)/p+1/b2-1-,21-9?. The van der Waals surface area contributed by atoms with Crippen LogP contribution in [0.25, 0.3) is 5.69 Å². The summed E-state index contributed by atoms with van der Waals surface area (Å²) in [7, 11) is 0. The zero-order chi connectivity index (χ0) is 19.9. The van der Waals surface area contributed by atoms with Crippen LogP contribution in [0, 0.1) is 0 Å². The number of hydrogen-bond acceptors (Lipinski definition) is 4. The first kappa shape index (κ1) is 19.5. The molecule has 28 heavy (non-hydrogen) atoms. The first-order chi connectivity index (χ1) is 13.5. The first-order valence-corrected chi connectivity index (χ1v) is 9.44. The van der Waals surface area contributed by atoms with E-state index in [1.165, 1.54) is 29.7 Å². The number of hydrogen-bond donors (Lipinski definition) is 3. The molecule has 0 saturated heterocycles. The van der Waals surface area contributed by atoms with Gasteiger partial charge in [0.1, 0.15) is 0 Å². The summed E-state index contributed by atoms with van der Waals surface area (Å²) in [4.78, 5) is 28.5. The lowest BCUT2D eigenvalue weighted by atomic mass is 10.2. The Hall–Kier alpha value is -3.23. The molecule has 1 aromatic carbocycles. The highest BCUT2D eigenvalue weighted by Crippen LogP contribution is 2.21. The van der Waals surface area contributed by atoms with Gasteiger partial charge in [0.2, 0.25) is 5.91 Å². The molecule has 0 saturated carbocycles. The molecule has 0 spiro atoms. The molecule has 0 bridgehead atoms. The summed E-state index contributed by atoms with van der Waals surface area (Å²) in [6.45, 7) is 0.306. The van der Waals surface area contributed by atoms with Crippen LogP contribution in [0.2, 0.25) is 4.34 Å². The maximum atomic E-state index is 12.1. The molecule has 0 aliphatic rings. The van der Waals surface area contributed by atoms with Crippen LogP contribution in [0.4, 0.5) is 5.69 Å². The van der Waals surface area contributed by atoms with Crippen molar-refractivity contribution in [1.82, 2.24) is 14.9 Å². The fourth-order valence-corrected chi connectivity index (χ4v) is 3.29. The van der Waals surface area contributed by atoms with Crippen molar-refractivity contribution in [2.24, 2.45) is 0 Å². The Labute approximate surface area is 170 Å². The Balaban J connectivity index is 1.58. The van der Waals surface area contributed by atoms with E-state index in [9.17, 15) is 9.59 Å². The summed E-state index contributed by atoms with van der Waals surface area (Å²) in [6.07, 6.45) is 7.58. The lowest BCUT2D eigenvalue weighted by Crippen LogP contribution is -2.28. The van der Waals surface area contributed by atoms with E-state index in [0.29, 0.717) is 21.4 Å².